The zero-order valence-electron chi connectivity index (χ0n) is 7.16. The van der Waals surface area contributed by atoms with Gasteiger partial charge in [-0.15, -0.1) is 11.3 Å². The van der Waals surface area contributed by atoms with E-state index >= 15 is 0 Å². The fraction of sp³-hybridized carbons (Fsp3) is 0.500. The Bertz CT molecular complexity index is 316. The third-order valence-electron chi connectivity index (χ3n) is 1.76. The van der Waals surface area contributed by atoms with Crippen LogP contribution in [-0.4, -0.2) is 23.4 Å². The van der Waals surface area contributed by atoms with Crippen LogP contribution in [0.1, 0.15) is 16.8 Å². The summed E-state index contributed by atoms with van der Waals surface area (Å²) in [5.41, 5.74) is 0. The molecule has 2 rings (SSSR count). The van der Waals surface area contributed by atoms with E-state index in [4.69, 9.17) is 0 Å². The van der Waals surface area contributed by atoms with Crippen molar-refractivity contribution >= 4 is 17.2 Å². The molecule has 4 heteroatoms. The van der Waals surface area contributed by atoms with Crippen LogP contribution in [0, 0.1) is 6.92 Å². The van der Waals surface area contributed by atoms with Gasteiger partial charge in [-0.05, 0) is 13.8 Å². The van der Waals surface area contributed by atoms with Crippen molar-refractivity contribution in [3.8, 4) is 0 Å². The molecule has 2 heterocycles. The molecule has 1 N–H and O–H groups in total. The standard InChI is InChI=1S/C8H11N3S/c1-5-3-10-8(11-5)7-4-9-6(2)12-7/h4-5H,3H2,1-2H3,(H,10,11). The molecule has 0 saturated heterocycles. The van der Waals surface area contributed by atoms with Crippen molar-refractivity contribution in [3.63, 3.8) is 0 Å². The van der Waals surface area contributed by atoms with E-state index < -0.39 is 0 Å². The van der Waals surface area contributed by atoms with Crippen molar-refractivity contribution in [3.05, 3.63) is 16.1 Å². The van der Waals surface area contributed by atoms with E-state index in [0.717, 1.165) is 22.3 Å². The van der Waals surface area contributed by atoms with Crippen LogP contribution in [0.2, 0.25) is 0 Å². The van der Waals surface area contributed by atoms with Gasteiger partial charge in [-0.2, -0.15) is 0 Å². The zero-order chi connectivity index (χ0) is 8.55. The molecule has 12 heavy (non-hydrogen) atoms. The summed E-state index contributed by atoms with van der Waals surface area (Å²) in [5.74, 6) is 1.01. The number of aliphatic imine (C=N–C) groups is 1. The van der Waals surface area contributed by atoms with Crippen LogP contribution in [0.5, 0.6) is 0 Å². The average Bonchev–Trinajstić information content (AvgIpc) is 2.58. The minimum absolute atomic E-state index is 0.474. The number of rotatable bonds is 1. The van der Waals surface area contributed by atoms with Crippen molar-refractivity contribution in [2.24, 2.45) is 4.99 Å². The Morgan fingerprint density at radius 2 is 2.50 bits per heavy atom. The maximum Gasteiger partial charge on any atom is 0.140 e. The highest BCUT2D eigenvalue weighted by Gasteiger charge is 2.15. The van der Waals surface area contributed by atoms with Crippen LogP contribution in [0.15, 0.2) is 11.2 Å². The lowest BCUT2D eigenvalue weighted by atomic mass is 10.4. The van der Waals surface area contributed by atoms with E-state index in [1.807, 2.05) is 13.1 Å². The highest BCUT2D eigenvalue weighted by atomic mass is 32.1. The van der Waals surface area contributed by atoms with E-state index in [2.05, 4.69) is 22.2 Å². The van der Waals surface area contributed by atoms with Gasteiger partial charge in [-0.1, -0.05) is 0 Å². The van der Waals surface area contributed by atoms with E-state index in [9.17, 15) is 0 Å². The maximum atomic E-state index is 4.38. The van der Waals surface area contributed by atoms with Crippen LogP contribution < -0.4 is 5.32 Å². The predicted octanol–water partition coefficient (Wildman–Crippen LogP) is 1.19. The summed E-state index contributed by atoms with van der Waals surface area (Å²) < 4.78 is 0. The highest BCUT2D eigenvalue weighted by Crippen LogP contribution is 2.14. The Morgan fingerprint density at radius 3 is 3.00 bits per heavy atom. The van der Waals surface area contributed by atoms with Crippen LogP contribution in [0.3, 0.4) is 0 Å². The number of hydrogen-bond donors (Lipinski definition) is 1. The second kappa shape index (κ2) is 2.86. The van der Waals surface area contributed by atoms with Gasteiger partial charge in [0, 0.05) is 12.2 Å². The molecule has 0 aromatic carbocycles. The first-order valence-electron chi connectivity index (χ1n) is 3.99. The maximum absolute atomic E-state index is 4.38. The number of nitrogens with zero attached hydrogens (tertiary/aromatic N) is 2. The predicted molar refractivity (Wildman–Crippen MR) is 50.9 cm³/mol. The quantitative estimate of drug-likeness (QED) is 0.706. The molecule has 1 atom stereocenters. The summed E-state index contributed by atoms with van der Waals surface area (Å²) in [6, 6.07) is 0.474. The second-order valence-electron chi connectivity index (χ2n) is 2.98. The third-order valence-corrected chi connectivity index (χ3v) is 2.68. The molecule has 0 fully saturated rings. The first-order valence-corrected chi connectivity index (χ1v) is 4.81. The van der Waals surface area contributed by atoms with Crippen molar-refractivity contribution < 1.29 is 0 Å². The van der Waals surface area contributed by atoms with E-state index in [1.165, 1.54) is 0 Å². The highest BCUT2D eigenvalue weighted by molar-refractivity contribution is 7.13. The van der Waals surface area contributed by atoms with Crippen molar-refractivity contribution in [1.82, 2.24) is 10.3 Å². The van der Waals surface area contributed by atoms with Crippen molar-refractivity contribution in [2.45, 2.75) is 19.9 Å². The average molecular weight is 181 g/mol. The Labute approximate surface area is 75.6 Å². The molecule has 0 radical (unpaired) electrons. The van der Waals surface area contributed by atoms with Gasteiger partial charge in [0.25, 0.3) is 0 Å². The largest absolute Gasteiger partial charge is 0.365 e. The molecular formula is C8H11N3S. The minimum atomic E-state index is 0.474. The lowest BCUT2D eigenvalue weighted by Gasteiger charge is -2.01. The minimum Gasteiger partial charge on any atom is -0.365 e. The summed E-state index contributed by atoms with van der Waals surface area (Å²) >= 11 is 1.68. The lowest BCUT2D eigenvalue weighted by molar-refractivity contribution is 0.726. The number of thiazole rings is 1. The first kappa shape index (κ1) is 7.73. The third kappa shape index (κ3) is 1.34. The van der Waals surface area contributed by atoms with Gasteiger partial charge in [0.2, 0.25) is 0 Å². The lowest BCUT2D eigenvalue weighted by Crippen LogP contribution is -2.27. The molecule has 3 nitrogen and oxygen atoms in total. The van der Waals surface area contributed by atoms with Crippen LogP contribution >= 0.6 is 11.3 Å². The SMILES string of the molecule is Cc1ncc(C2=NCC(C)N2)s1. The van der Waals surface area contributed by atoms with Gasteiger partial charge in [0.15, 0.2) is 0 Å². The first-order chi connectivity index (χ1) is 5.75. The fourth-order valence-corrected chi connectivity index (χ4v) is 1.92. The number of nitrogens with one attached hydrogen (secondary N) is 1. The Kier molecular flexibility index (Phi) is 1.84. The van der Waals surface area contributed by atoms with Gasteiger partial charge in [-0.3, -0.25) is 4.99 Å². The number of aryl methyl sites for hydroxylation is 1. The van der Waals surface area contributed by atoms with Gasteiger partial charge >= 0.3 is 0 Å². The summed E-state index contributed by atoms with van der Waals surface area (Å²) in [7, 11) is 0. The molecule has 0 aliphatic carbocycles. The molecule has 64 valence electrons. The number of hydrogen-bond acceptors (Lipinski definition) is 4. The normalized spacial score (nSPS) is 22.2. The molecule has 0 bridgehead atoms. The Balaban J connectivity index is 2.21. The van der Waals surface area contributed by atoms with Gasteiger partial charge in [0.05, 0.1) is 16.4 Å². The van der Waals surface area contributed by atoms with Gasteiger partial charge in [-0.25, -0.2) is 4.98 Å². The number of amidine groups is 1. The topological polar surface area (TPSA) is 37.3 Å². The molecule has 1 unspecified atom stereocenters. The summed E-state index contributed by atoms with van der Waals surface area (Å²) in [6.07, 6.45) is 1.88. The summed E-state index contributed by atoms with van der Waals surface area (Å²) in [6.45, 7) is 5.02. The van der Waals surface area contributed by atoms with E-state index in [-0.39, 0.29) is 0 Å². The van der Waals surface area contributed by atoms with Crippen LogP contribution in [0.4, 0.5) is 0 Å². The summed E-state index contributed by atoms with van der Waals surface area (Å²) in [4.78, 5) is 9.71. The molecular weight excluding hydrogens is 170 g/mol. The van der Waals surface area contributed by atoms with Crippen LogP contribution in [-0.2, 0) is 0 Å². The molecule has 0 saturated carbocycles. The Hall–Kier alpha value is -0.900. The molecule has 0 amide bonds. The molecule has 1 aromatic rings. The van der Waals surface area contributed by atoms with Crippen molar-refractivity contribution in [1.29, 1.82) is 0 Å². The smallest absolute Gasteiger partial charge is 0.140 e. The fourth-order valence-electron chi connectivity index (χ4n) is 1.17. The second-order valence-corrected chi connectivity index (χ2v) is 4.21. The monoisotopic (exact) mass is 181 g/mol. The van der Waals surface area contributed by atoms with Crippen molar-refractivity contribution in [2.75, 3.05) is 6.54 Å². The van der Waals surface area contributed by atoms with E-state index in [0.29, 0.717) is 6.04 Å². The zero-order valence-corrected chi connectivity index (χ0v) is 7.98. The Morgan fingerprint density at radius 1 is 1.67 bits per heavy atom. The van der Waals surface area contributed by atoms with Crippen LogP contribution in [0.25, 0.3) is 0 Å². The molecule has 1 aromatic heterocycles. The molecule has 1 aliphatic heterocycles. The summed E-state index contributed by atoms with van der Waals surface area (Å²) in [5, 5.41) is 4.40. The number of aromatic nitrogens is 1. The molecule has 0 spiro atoms. The van der Waals surface area contributed by atoms with Gasteiger partial charge < -0.3 is 5.32 Å². The van der Waals surface area contributed by atoms with Gasteiger partial charge in [0.1, 0.15) is 5.84 Å². The van der Waals surface area contributed by atoms with E-state index in [1.54, 1.807) is 11.3 Å². The molecule has 1 aliphatic rings.